The lowest BCUT2D eigenvalue weighted by molar-refractivity contribution is 0.416. The lowest BCUT2D eigenvalue weighted by Gasteiger charge is -2.25. The molecule has 0 radical (unpaired) electrons. The minimum atomic E-state index is 0.667. The first kappa shape index (κ1) is 10.1. The van der Waals surface area contributed by atoms with Crippen molar-refractivity contribution in [1.29, 1.82) is 0 Å². The minimum Gasteiger partial charge on any atom is -0.366 e. The van der Waals surface area contributed by atoms with Gasteiger partial charge in [0.15, 0.2) is 5.11 Å². The molecule has 0 saturated carbocycles. The molecule has 1 unspecified atom stereocenters. The minimum absolute atomic E-state index is 0.667. The Bertz CT molecular complexity index is 161. The highest BCUT2D eigenvalue weighted by Crippen LogP contribution is 2.19. The third-order valence-electron chi connectivity index (χ3n) is 2.21. The van der Waals surface area contributed by atoms with Crippen LogP contribution in [0.25, 0.3) is 0 Å². The first-order valence-electron chi connectivity index (χ1n) is 4.27. The van der Waals surface area contributed by atoms with Crippen LogP contribution in [0.5, 0.6) is 0 Å². The summed E-state index contributed by atoms with van der Waals surface area (Å²) in [5.74, 6) is 1.20. The molecular weight excluding hydrogens is 188 g/mol. The zero-order valence-corrected chi connectivity index (χ0v) is 9.30. The molecule has 0 aromatic rings. The van der Waals surface area contributed by atoms with Crippen molar-refractivity contribution < 1.29 is 0 Å². The molecular formula is C8H16N2S2. The van der Waals surface area contributed by atoms with Gasteiger partial charge in [-0.1, -0.05) is 0 Å². The molecule has 1 aliphatic rings. The molecule has 1 N–H and O–H groups in total. The average Bonchev–Trinajstić information content (AvgIpc) is 2.52. The average molecular weight is 204 g/mol. The van der Waals surface area contributed by atoms with Gasteiger partial charge in [-0.3, -0.25) is 0 Å². The molecule has 0 amide bonds. The van der Waals surface area contributed by atoms with E-state index in [1.54, 1.807) is 0 Å². The molecule has 0 aliphatic carbocycles. The smallest absolute Gasteiger partial charge is 0.168 e. The highest BCUT2D eigenvalue weighted by atomic mass is 32.2. The summed E-state index contributed by atoms with van der Waals surface area (Å²) in [5.41, 5.74) is 0. The maximum Gasteiger partial charge on any atom is 0.168 e. The van der Waals surface area contributed by atoms with Gasteiger partial charge in [0, 0.05) is 25.4 Å². The summed E-state index contributed by atoms with van der Waals surface area (Å²) >= 11 is 7.11. The van der Waals surface area contributed by atoms with Gasteiger partial charge < -0.3 is 10.2 Å². The van der Waals surface area contributed by atoms with Crippen molar-refractivity contribution >= 4 is 29.1 Å². The summed E-state index contributed by atoms with van der Waals surface area (Å²) < 4.78 is 0. The van der Waals surface area contributed by atoms with Crippen LogP contribution in [-0.4, -0.2) is 41.7 Å². The quantitative estimate of drug-likeness (QED) is 0.682. The van der Waals surface area contributed by atoms with E-state index in [0.29, 0.717) is 6.04 Å². The summed E-state index contributed by atoms with van der Waals surface area (Å²) in [6.45, 7) is 1.13. The van der Waals surface area contributed by atoms with Gasteiger partial charge >= 0.3 is 0 Å². The standard InChI is InChI=1S/C8H16N2S2/c1-9-8(11)10-5-3-4-7(10)6-12-2/h7H,3-6H2,1-2H3,(H,9,11). The molecule has 70 valence electrons. The van der Waals surface area contributed by atoms with Crippen LogP contribution >= 0.6 is 24.0 Å². The molecule has 1 saturated heterocycles. The van der Waals surface area contributed by atoms with E-state index < -0.39 is 0 Å². The first-order valence-corrected chi connectivity index (χ1v) is 6.07. The lowest BCUT2D eigenvalue weighted by atomic mass is 10.2. The summed E-state index contributed by atoms with van der Waals surface area (Å²) in [7, 11) is 1.90. The normalized spacial score (nSPS) is 22.8. The predicted octanol–water partition coefficient (Wildman–Crippen LogP) is 1.32. The van der Waals surface area contributed by atoms with Gasteiger partial charge in [-0.25, -0.2) is 0 Å². The second kappa shape index (κ2) is 4.92. The lowest BCUT2D eigenvalue weighted by Crippen LogP contribution is -2.42. The van der Waals surface area contributed by atoms with Gasteiger partial charge in [0.2, 0.25) is 0 Å². The highest BCUT2D eigenvalue weighted by molar-refractivity contribution is 7.98. The van der Waals surface area contributed by atoms with Crippen molar-refractivity contribution in [2.45, 2.75) is 18.9 Å². The van der Waals surface area contributed by atoms with Gasteiger partial charge in [0.05, 0.1) is 0 Å². The van der Waals surface area contributed by atoms with Gasteiger partial charge in [0.1, 0.15) is 0 Å². The van der Waals surface area contributed by atoms with E-state index in [1.165, 1.54) is 18.6 Å². The molecule has 1 fully saturated rings. The zero-order chi connectivity index (χ0) is 8.97. The number of thioether (sulfide) groups is 1. The van der Waals surface area contributed by atoms with Gasteiger partial charge in [-0.2, -0.15) is 11.8 Å². The highest BCUT2D eigenvalue weighted by Gasteiger charge is 2.24. The first-order chi connectivity index (χ1) is 5.79. The van der Waals surface area contributed by atoms with E-state index in [1.807, 2.05) is 18.8 Å². The van der Waals surface area contributed by atoms with Gasteiger partial charge in [-0.15, -0.1) is 0 Å². The number of nitrogens with zero attached hydrogens (tertiary/aromatic N) is 1. The van der Waals surface area contributed by atoms with Crippen LogP contribution in [0.3, 0.4) is 0 Å². The Morgan fingerprint density at radius 3 is 3.08 bits per heavy atom. The number of rotatable bonds is 2. The molecule has 0 aromatic heterocycles. The Kier molecular flexibility index (Phi) is 4.15. The number of likely N-dealkylation sites (tertiary alicyclic amines) is 1. The third-order valence-corrected chi connectivity index (χ3v) is 3.37. The Labute approximate surface area is 84.1 Å². The van der Waals surface area contributed by atoms with Crippen LogP contribution < -0.4 is 5.32 Å². The maximum absolute atomic E-state index is 5.21. The Hall–Kier alpha value is 0.0400. The SMILES string of the molecule is CNC(=S)N1CCCC1CSC. The van der Waals surface area contributed by atoms with Crippen LogP contribution in [0.1, 0.15) is 12.8 Å². The molecule has 12 heavy (non-hydrogen) atoms. The predicted molar refractivity (Wildman–Crippen MR) is 59.8 cm³/mol. The molecule has 1 aliphatic heterocycles. The second-order valence-corrected chi connectivity index (χ2v) is 4.30. The Morgan fingerprint density at radius 1 is 1.75 bits per heavy atom. The zero-order valence-electron chi connectivity index (χ0n) is 7.67. The topological polar surface area (TPSA) is 15.3 Å². The number of hydrogen-bond acceptors (Lipinski definition) is 2. The van der Waals surface area contributed by atoms with E-state index in [2.05, 4.69) is 16.5 Å². The van der Waals surface area contributed by atoms with E-state index in [-0.39, 0.29) is 0 Å². The van der Waals surface area contributed by atoms with Crippen molar-refractivity contribution in [3.63, 3.8) is 0 Å². The number of thiocarbonyl (C=S) groups is 1. The van der Waals surface area contributed by atoms with Crippen LogP contribution in [0, 0.1) is 0 Å². The van der Waals surface area contributed by atoms with Crippen LogP contribution in [0.15, 0.2) is 0 Å². The fourth-order valence-corrected chi connectivity index (χ4v) is 2.58. The fourth-order valence-electron chi connectivity index (χ4n) is 1.61. The summed E-state index contributed by atoms with van der Waals surface area (Å²) in [5, 5.41) is 3.95. The largest absolute Gasteiger partial charge is 0.366 e. The van der Waals surface area contributed by atoms with Crippen molar-refractivity contribution in [2.24, 2.45) is 0 Å². The number of hydrogen-bond donors (Lipinski definition) is 1. The summed E-state index contributed by atoms with van der Waals surface area (Å²) in [6, 6.07) is 0.667. The van der Waals surface area contributed by atoms with E-state index in [4.69, 9.17) is 12.2 Å². The molecule has 4 heteroatoms. The van der Waals surface area contributed by atoms with Crippen LogP contribution in [0.2, 0.25) is 0 Å². The van der Waals surface area contributed by atoms with Crippen LogP contribution in [0.4, 0.5) is 0 Å². The van der Waals surface area contributed by atoms with Crippen LogP contribution in [-0.2, 0) is 0 Å². The Balaban J connectivity index is 2.45. The van der Waals surface area contributed by atoms with E-state index in [0.717, 1.165) is 11.7 Å². The molecule has 1 heterocycles. The van der Waals surface area contributed by atoms with Crippen molar-refractivity contribution in [3.05, 3.63) is 0 Å². The second-order valence-electron chi connectivity index (χ2n) is 3.00. The summed E-state index contributed by atoms with van der Waals surface area (Å²) in [4.78, 5) is 2.31. The molecule has 0 spiro atoms. The van der Waals surface area contributed by atoms with E-state index >= 15 is 0 Å². The molecule has 1 atom stereocenters. The van der Waals surface area contributed by atoms with E-state index in [9.17, 15) is 0 Å². The van der Waals surface area contributed by atoms with Crippen molar-refractivity contribution in [1.82, 2.24) is 10.2 Å². The Morgan fingerprint density at radius 2 is 2.50 bits per heavy atom. The molecule has 2 nitrogen and oxygen atoms in total. The summed E-state index contributed by atoms with van der Waals surface area (Å²) in [6.07, 6.45) is 4.73. The third kappa shape index (κ3) is 2.26. The molecule has 0 bridgehead atoms. The fraction of sp³-hybridized carbons (Fsp3) is 0.875. The molecule has 0 aromatic carbocycles. The number of nitrogens with one attached hydrogen (secondary N) is 1. The van der Waals surface area contributed by atoms with Gasteiger partial charge in [-0.05, 0) is 31.3 Å². The van der Waals surface area contributed by atoms with Gasteiger partial charge in [0.25, 0.3) is 0 Å². The molecule has 1 rings (SSSR count). The maximum atomic E-state index is 5.21. The monoisotopic (exact) mass is 204 g/mol. The van der Waals surface area contributed by atoms with Crippen molar-refractivity contribution in [3.8, 4) is 0 Å². The van der Waals surface area contributed by atoms with Crippen molar-refractivity contribution in [2.75, 3.05) is 25.6 Å².